The second-order valence-corrected chi connectivity index (χ2v) is 2.83. The molecule has 0 nitrogen and oxygen atoms in total. The van der Waals surface area contributed by atoms with Crippen molar-refractivity contribution in [2.75, 3.05) is 0 Å². The maximum Gasteiger partial charge on any atom is 0.202 e. The molecule has 0 spiro atoms. The van der Waals surface area contributed by atoms with E-state index in [9.17, 15) is 0 Å². The molecule has 1 unspecified atom stereocenters. The molecule has 0 heterocycles. The minimum atomic E-state index is 0.382. The summed E-state index contributed by atoms with van der Waals surface area (Å²) in [6.07, 6.45) is 0. The van der Waals surface area contributed by atoms with Crippen LogP contribution in [-0.4, -0.2) is 7.00 Å². The van der Waals surface area contributed by atoms with E-state index in [0.717, 1.165) is 0 Å². The summed E-state index contributed by atoms with van der Waals surface area (Å²) in [5.74, 6) is 0. The summed E-state index contributed by atoms with van der Waals surface area (Å²) in [5.41, 5.74) is 1.20. The van der Waals surface area contributed by atoms with Gasteiger partial charge in [0.15, 0.2) is 0 Å². The predicted octanol–water partition coefficient (Wildman–Crippen LogP) is 1.76. The average Bonchev–Trinajstić information content (AvgIpc) is 1.91. The van der Waals surface area contributed by atoms with Crippen LogP contribution in [0.5, 0.6) is 0 Å². The highest BCUT2D eigenvalue weighted by Gasteiger charge is 1.88. The van der Waals surface area contributed by atoms with Crippen LogP contribution >= 0.6 is 19.1 Å². The standard InChI is InChI=1S/C6H6BClP/c8-9-7-6-4-2-1-3-5-6/h1-5,9H. The van der Waals surface area contributed by atoms with Crippen molar-refractivity contribution in [1.82, 2.24) is 0 Å². The molecular weight excluding hydrogens is 149 g/mol. The quantitative estimate of drug-likeness (QED) is 0.451. The molecule has 1 atom stereocenters. The van der Waals surface area contributed by atoms with Gasteiger partial charge in [-0.05, 0) is 0 Å². The molecule has 0 fully saturated rings. The van der Waals surface area contributed by atoms with Crippen LogP contribution in [0.25, 0.3) is 0 Å². The van der Waals surface area contributed by atoms with Crippen molar-refractivity contribution >= 4 is 31.5 Å². The lowest BCUT2D eigenvalue weighted by atomic mass is 9.95. The Labute approximate surface area is 62.4 Å². The van der Waals surface area contributed by atoms with Crippen molar-refractivity contribution in [3.63, 3.8) is 0 Å². The normalized spacial score (nSPS) is 10.3. The van der Waals surface area contributed by atoms with Crippen molar-refractivity contribution in [3.05, 3.63) is 30.3 Å². The molecule has 1 rings (SSSR count). The highest BCUT2D eigenvalue weighted by Crippen LogP contribution is 2.10. The Kier molecular flexibility index (Phi) is 3.10. The summed E-state index contributed by atoms with van der Waals surface area (Å²) in [6, 6.07) is 10.1. The number of benzene rings is 1. The van der Waals surface area contributed by atoms with Gasteiger partial charge >= 0.3 is 0 Å². The van der Waals surface area contributed by atoms with Crippen LogP contribution < -0.4 is 5.46 Å². The van der Waals surface area contributed by atoms with Crippen LogP contribution in [0.15, 0.2) is 30.3 Å². The van der Waals surface area contributed by atoms with Crippen LogP contribution in [0.4, 0.5) is 0 Å². The molecule has 1 radical (unpaired) electrons. The van der Waals surface area contributed by atoms with E-state index in [1.165, 1.54) is 5.46 Å². The first-order valence-electron chi connectivity index (χ1n) is 2.68. The molecule has 1 aromatic carbocycles. The van der Waals surface area contributed by atoms with E-state index < -0.39 is 0 Å². The van der Waals surface area contributed by atoms with E-state index in [1.54, 1.807) is 0 Å². The summed E-state index contributed by atoms with van der Waals surface area (Å²) >= 11 is 5.51. The van der Waals surface area contributed by atoms with Crippen molar-refractivity contribution in [1.29, 1.82) is 0 Å². The Morgan fingerprint density at radius 1 is 1.22 bits per heavy atom. The monoisotopic (exact) mass is 155 g/mol. The molecule has 0 amide bonds. The molecule has 0 saturated heterocycles. The van der Waals surface area contributed by atoms with Gasteiger partial charge in [-0.2, -0.15) is 0 Å². The van der Waals surface area contributed by atoms with Gasteiger partial charge in [-0.3, -0.25) is 0 Å². The number of hydrogen-bond acceptors (Lipinski definition) is 0. The van der Waals surface area contributed by atoms with E-state index in [4.69, 9.17) is 11.2 Å². The molecule has 0 aromatic heterocycles. The summed E-state index contributed by atoms with van der Waals surface area (Å²) < 4.78 is 0. The molecule has 0 saturated carbocycles. The highest BCUT2D eigenvalue weighted by molar-refractivity contribution is 7.93. The Hall–Kier alpha value is 0.00494. The third-order valence-electron chi connectivity index (χ3n) is 1.02. The van der Waals surface area contributed by atoms with E-state index >= 15 is 0 Å². The zero-order valence-corrected chi connectivity index (χ0v) is 6.60. The third kappa shape index (κ3) is 2.38. The van der Waals surface area contributed by atoms with Gasteiger partial charge in [-0.15, -0.1) is 11.2 Å². The van der Waals surface area contributed by atoms with Gasteiger partial charge in [0.1, 0.15) is 0 Å². The lowest BCUT2D eigenvalue weighted by Crippen LogP contribution is -2.06. The Bertz CT molecular complexity index is 166. The topological polar surface area (TPSA) is 0 Å². The van der Waals surface area contributed by atoms with Gasteiger partial charge in [0.05, 0.1) is 0 Å². The van der Waals surface area contributed by atoms with Crippen molar-refractivity contribution in [2.45, 2.75) is 0 Å². The summed E-state index contributed by atoms with van der Waals surface area (Å²) in [7, 11) is 0.382. The van der Waals surface area contributed by atoms with Crippen molar-refractivity contribution in [3.8, 4) is 0 Å². The maximum absolute atomic E-state index is 5.51. The molecule has 3 heteroatoms. The summed E-state index contributed by atoms with van der Waals surface area (Å²) in [4.78, 5) is 0. The molecule has 0 aliphatic heterocycles. The van der Waals surface area contributed by atoms with E-state index in [0.29, 0.717) is 7.81 Å². The molecule has 9 heavy (non-hydrogen) atoms. The number of rotatable bonds is 2. The molecule has 0 aliphatic rings. The molecule has 0 bridgehead atoms. The lowest BCUT2D eigenvalue weighted by Gasteiger charge is -1.90. The Morgan fingerprint density at radius 3 is 2.44 bits per heavy atom. The second kappa shape index (κ2) is 3.92. The minimum absolute atomic E-state index is 0.382. The zero-order chi connectivity index (χ0) is 6.53. The van der Waals surface area contributed by atoms with E-state index in [2.05, 4.69) is 0 Å². The first-order valence-corrected chi connectivity index (χ1v) is 4.77. The molecule has 0 N–H and O–H groups in total. The fourth-order valence-corrected chi connectivity index (χ4v) is 1.31. The molecule has 1 aromatic rings. The van der Waals surface area contributed by atoms with Gasteiger partial charge in [0.25, 0.3) is 0 Å². The summed E-state index contributed by atoms with van der Waals surface area (Å²) in [6.45, 7) is 2.00. The van der Waals surface area contributed by atoms with Crippen LogP contribution in [0.1, 0.15) is 0 Å². The van der Waals surface area contributed by atoms with Gasteiger partial charge in [-0.25, -0.2) is 0 Å². The highest BCUT2D eigenvalue weighted by atomic mass is 35.7. The first kappa shape index (κ1) is 7.12. The predicted molar refractivity (Wildman–Crippen MR) is 46.0 cm³/mol. The number of hydrogen-bond donors (Lipinski definition) is 0. The zero-order valence-electron chi connectivity index (χ0n) is 4.84. The molecular formula is C6H6BClP. The largest absolute Gasteiger partial charge is 0.202 e. The van der Waals surface area contributed by atoms with Crippen LogP contribution in [0.2, 0.25) is 0 Å². The van der Waals surface area contributed by atoms with E-state index in [-0.39, 0.29) is 0 Å². The van der Waals surface area contributed by atoms with Gasteiger partial charge in [-0.1, -0.05) is 43.6 Å². The first-order chi connectivity index (χ1) is 4.43. The van der Waals surface area contributed by atoms with E-state index in [1.807, 2.05) is 37.3 Å². The SMILES string of the molecule is ClP[B]c1ccccc1. The van der Waals surface area contributed by atoms with Gasteiger partial charge < -0.3 is 0 Å². The number of halogens is 1. The lowest BCUT2D eigenvalue weighted by molar-refractivity contribution is 1.77. The molecule has 45 valence electrons. The van der Waals surface area contributed by atoms with Crippen molar-refractivity contribution < 1.29 is 0 Å². The van der Waals surface area contributed by atoms with Gasteiger partial charge in [0.2, 0.25) is 7.00 Å². The fourth-order valence-electron chi connectivity index (χ4n) is 0.612. The maximum atomic E-state index is 5.51. The smallest absolute Gasteiger partial charge is 0.111 e. The van der Waals surface area contributed by atoms with Crippen LogP contribution in [-0.2, 0) is 0 Å². The van der Waals surface area contributed by atoms with Crippen molar-refractivity contribution in [2.24, 2.45) is 0 Å². The molecule has 0 aliphatic carbocycles. The van der Waals surface area contributed by atoms with Crippen LogP contribution in [0.3, 0.4) is 0 Å². The third-order valence-corrected chi connectivity index (χ3v) is 1.79. The summed E-state index contributed by atoms with van der Waals surface area (Å²) in [5, 5.41) is 0. The fraction of sp³-hybridized carbons (Fsp3) is 0. The minimum Gasteiger partial charge on any atom is -0.111 e. The average molecular weight is 155 g/mol. The Morgan fingerprint density at radius 2 is 1.89 bits per heavy atom. The van der Waals surface area contributed by atoms with Gasteiger partial charge in [0, 0.05) is 0 Å². The Balaban J connectivity index is 2.61. The van der Waals surface area contributed by atoms with Crippen LogP contribution in [0, 0.1) is 0 Å². The second-order valence-electron chi connectivity index (χ2n) is 1.66.